The van der Waals surface area contributed by atoms with Crippen LogP contribution in [0.1, 0.15) is 15.9 Å². The highest BCUT2D eigenvalue weighted by molar-refractivity contribution is 7.18. The van der Waals surface area contributed by atoms with Crippen LogP contribution < -0.4 is 24.8 Å². The molecule has 10 heteroatoms. The first-order chi connectivity index (χ1) is 18.0. The molecule has 0 fully saturated rings. The summed E-state index contributed by atoms with van der Waals surface area (Å²) in [7, 11) is 4.60. The Balaban J connectivity index is 1.53. The minimum absolute atomic E-state index is 0.279. The molecule has 1 heterocycles. The third-order valence-electron chi connectivity index (χ3n) is 5.55. The van der Waals surface area contributed by atoms with E-state index in [1.165, 1.54) is 25.6 Å². The number of hydrogen-bond donors (Lipinski definition) is 2. The van der Waals surface area contributed by atoms with Crippen LogP contribution in [0.25, 0.3) is 10.6 Å². The second-order valence-electron chi connectivity index (χ2n) is 7.91. The zero-order chi connectivity index (χ0) is 26.2. The van der Waals surface area contributed by atoms with Crippen LogP contribution in [-0.4, -0.2) is 49.4 Å². The Hall–Kier alpha value is -4.44. The lowest BCUT2D eigenvalue weighted by Gasteiger charge is -2.19. The quantitative estimate of drug-likeness (QED) is 0.323. The van der Waals surface area contributed by atoms with Crippen molar-refractivity contribution in [2.24, 2.45) is 0 Å². The number of nitrogens with zero attached hydrogens (tertiary/aromatic N) is 2. The second kappa shape index (κ2) is 12.0. The number of carbonyl (C=O) groups excluding carboxylic acids is 2. The van der Waals surface area contributed by atoms with E-state index in [1.807, 2.05) is 54.6 Å². The van der Waals surface area contributed by atoms with Crippen molar-refractivity contribution in [2.75, 3.05) is 26.6 Å². The molecular weight excluding hydrogens is 492 g/mol. The van der Waals surface area contributed by atoms with E-state index >= 15 is 0 Å². The smallest absolute Gasteiger partial charge is 0.255 e. The lowest BCUT2D eigenvalue weighted by Crippen LogP contribution is -2.45. The van der Waals surface area contributed by atoms with Crippen molar-refractivity contribution < 1.29 is 23.8 Å². The molecule has 37 heavy (non-hydrogen) atoms. The largest absolute Gasteiger partial charge is 0.497 e. The number of benzene rings is 3. The predicted octanol–water partition coefficient (Wildman–Crippen LogP) is 4.21. The summed E-state index contributed by atoms with van der Waals surface area (Å²) in [5, 5.41) is 14.9. The first kappa shape index (κ1) is 25.6. The lowest BCUT2D eigenvalue weighted by molar-refractivity contribution is -0.118. The molecule has 0 bridgehead atoms. The number of hydrogen-bond acceptors (Lipinski definition) is 8. The van der Waals surface area contributed by atoms with Gasteiger partial charge in [-0.1, -0.05) is 41.7 Å². The van der Waals surface area contributed by atoms with Crippen molar-refractivity contribution in [3.63, 3.8) is 0 Å². The van der Waals surface area contributed by atoms with Gasteiger partial charge in [0.05, 0.1) is 26.9 Å². The van der Waals surface area contributed by atoms with Crippen LogP contribution in [0.15, 0.2) is 72.8 Å². The molecule has 1 atom stereocenters. The molecule has 0 saturated carbocycles. The number of carbonyl (C=O) groups is 2. The van der Waals surface area contributed by atoms with E-state index in [0.29, 0.717) is 21.6 Å². The normalized spacial score (nSPS) is 11.3. The van der Waals surface area contributed by atoms with Crippen LogP contribution in [0, 0.1) is 0 Å². The number of aromatic nitrogens is 2. The summed E-state index contributed by atoms with van der Waals surface area (Å²) in [6.07, 6.45) is 0.279. The van der Waals surface area contributed by atoms with Gasteiger partial charge < -0.3 is 19.5 Å². The number of nitrogens with one attached hydrogen (secondary N) is 2. The van der Waals surface area contributed by atoms with E-state index in [9.17, 15) is 9.59 Å². The van der Waals surface area contributed by atoms with Crippen LogP contribution in [0.4, 0.5) is 5.13 Å². The molecule has 1 aromatic heterocycles. The van der Waals surface area contributed by atoms with E-state index < -0.39 is 17.9 Å². The fourth-order valence-corrected chi connectivity index (χ4v) is 4.35. The minimum atomic E-state index is -0.880. The molecule has 0 saturated heterocycles. The molecule has 4 aromatic rings. The molecule has 2 amide bonds. The number of ether oxygens (including phenoxy) is 3. The molecule has 0 aliphatic carbocycles. The van der Waals surface area contributed by atoms with Crippen LogP contribution in [0.3, 0.4) is 0 Å². The van der Waals surface area contributed by atoms with Crippen LogP contribution in [-0.2, 0) is 11.2 Å². The molecule has 0 aliphatic rings. The van der Waals surface area contributed by atoms with E-state index in [1.54, 1.807) is 25.3 Å². The van der Waals surface area contributed by atoms with Gasteiger partial charge in [-0.05, 0) is 42.0 Å². The first-order valence-electron chi connectivity index (χ1n) is 11.4. The molecule has 3 aromatic carbocycles. The zero-order valence-corrected chi connectivity index (χ0v) is 21.4. The van der Waals surface area contributed by atoms with E-state index in [4.69, 9.17) is 14.2 Å². The fourth-order valence-electron chi connectivity index (χ4n) is 3.60. The summed E-state index contributed by atoms with van der Waals surface area (Å²) in [6.45, 7) is 0. The maximum absolute atomic E-state index is 13.3. The van der Waals surface area contributed by atoms with Crippen molar-refractivity contribution in [3.8, 4) is 27.8 Å². The minimum Gasteiger partial charge on any atom is -0.497 e. The first-order valence-corrected chi connectivity index (χ1v) is 12.2. The van der Waals surface area contributed by atoms with Gasteiger partial charge in [-0.3, -0.25) is 14.9 Å². The van der Waals surface area contributed by atoms with Gasteiger partial charge in [-0.2, -0.15) is 0 Å². The van der Waals surface area contributed by atoms with E-state index in [0.717, 1.165) is 16.9 Å². The molecule has 0 radical (unpaired) electrons. The molecule has 0 spiro atoms. The summed E-state index contributed by atoms with van der Waals surface area (Å²) >= 11 is 1.24. The number of methoxy groups -OCH3 is 3. The number of anilines is 1. The maximum atomic E-state index is 13.3. The zero-order valence-electron chi connectivity index (χ0n) is 20.6. The van der Waals surface area contributed by atoms with Gasteiger partial charge >= 0.3 is 0 Å². The molecule has 190 valence electrons. The Morgan fingerprint density at radius 3 is 2.24 bits per heavy atom. The Labute approximate surface area is 218 Å². The van der Waals surface area contributed by atoms with Crippen molar-refractivity contribution >= 4 is 28.3 Å². The fraction of sp³-hybridized carbons (Fsp3) is 0.185. The van der Waals surface area contributed by atoms with Crippen molar-refractivity contribution in [3.05, 3.63) is 83.9 Å². The summed E-state index contributed by atoms with van der Waals surface area (Å²) in [4.78, 5) is 26.5. The lowest BCUT2D eigenvalue weighted by atomic mass is 10.0. The Kier molecular flexibility index (Phi) is 8.32. The third-order valence-corrected chi connectivity index (χ3v) is 6.44. The average molecular weight is 519 g/mol. The highest BCUT2D eigenvalue weighted by Crippen LogP contribution is 2.28. The standard InChI is InChI=1S/C27H26N4O5S/c1-34-19-11-9-18(10-12-19)26-30-31-27(37-26)29-25(33)22(15-17-7-5-4-6-8-17)28-24(32)21-14-13-20(35-2)16-23(21)36-3/h4-14,16,22H,15H2,1-3H3,(H,28,32)(H,29,31,33). The van der Waals surface area contributed by atoms with Crippen LogP contribution >= 0.6 is 11.3 Å². The topological polar surface area (TPSA) is 112 Å². The van der Waals surface area contributed by atoms with Gasteiger partial charge in [0.2, 0.25) is 11.0 Å². The SMILES string of the molecule is COc1ccc(-c2nnc(NC(=O)C(Cc3ccccc3)NC(=O)c3ccc(OC)cc3OC)s2)cc1. The highest BCUT2D eigenvalue weighted by Gasteiger charge is 2.25. The Morgan fingerprint density at radius 2 is 1.57 bits per heavy atom. The molecular formula is C27H26N4O5S. The Bertz CT molecular complexity index is 1360. The van der Waals surface area contributed by atoms with Gasteiger partial charge in [-0.25, -0.2) is 0 Å². The maximum Gasteiger partial charge on any atom is 0.255 e. The summed E-state index contributed by atoms with van der Waals surface area (Å²) in [5.41, 5.74) is 2.02. The van der Waals surface area contributed by atoms with Crippen LogP contribution in [0.2, 0.25) is 0 Å². The van der Waals surface area contributed by atoms with Crippen molar-refractivity contribution in [1.29, 1.82) is 0 Å². The molecule has 2 N–H and O–H groups in total. The Morgan fingerprint density at radius 1 is 0.865 bits per heavy atom. The van der Waals surface area contributed by atoms with Crippen molar-refractivity contribution in [1.82, 2.24) is 15.5 Å². The highest BCUT2D eigenvalue weighted by atomic mass is 32.1. The van der Waals surface area contributed by atoms with E-state index in [-0.39, 0.29) is 12.0 Å². The summed E-state index contributed by atoms with van der Waals surface area (Å²) < 4.78 is 15.8. The summed E-state index contributed by atoms with van der Waals surface area (Å²) in [6, 6.07) is 20.8. The third kappa shape index (κ3) is 6.42. The monoisotopic (exact) mass is 518 g/mol. The molecule has 1 unspecified atom stereocenters. The predicted molar refractivity (Wildman–Crippen MR) is 141 cm³/mol. The van der Waals surface area contributed by atoms with Crippen molar-refractivity contribution in [2.45, 2.75) is 12.5 Å². The van der Waals surface area contributed by atoms with Gasteiger partial charge in [0.15, 0.2) is 0 Å². The van der Waals surface area contributed by atoms with Gasteiger partial charge in [0.1, 0.15) is 28.3 Å². The van der Waals surface area contributed by atoms with Gasteiger partial charge in [0, 0.05) is 18.1 Å². The molecule has 4 rings (SSSR count). The molecule has 9 nitrogen and oxygen atoms in total. The van der Waals surface area contributed by atoms with E-state index in [2.05, 4.69) is 20.8 Å². The second-order valence-corrected chi connectivity index (χ2v) is 8.89. The van der Waals surface area contributed by atoms with Gasteiger partial charge in [0.25, 0.3) is 5.91 Å². The van der Waals surface area contributed by atoms with Crippen LogP contribution in [0.5, 0.6) is 17.2 Å². The average Bonchev–Trinajstić information content (AvgIpc) is 3.41. The number of amides is 2. The summed E-state index contributed by atoms with van der Waals surface area (Å²) in [5.74, 6) is 0.753. The number of rotatable bonds is 10. The molecule has 0 aliphatic heterocycles. The van der Waals surface area contributed by atoms with Gasteiger partial charge in [-0.15, -0.1) is 10.2 Å².